The molecule has 8 heteroatoms. The van der Waals surface area contributed by atoms with Crippen molar-refractivity contribution in [2.45, 2.75) is 76.9 Å². The second kappa shape index (κ2) is 11.2. The van der Waals surface area contributed by atoms with Crippen molar-refractivity contribution >= 4 is 12.1 Å². The molecule has 0 radical (unpaired) electrons. The second-order valence-corrected chi connectivity index (χ2v) is 11.7. The van der Waals surface area contributed by atoms with Gasteiger partial charge in [0.2, 0.25) is 5.82 Å². The van der Waals surface area contributed by atoms with E-state index in [9.17, 15) is 9.59 Å². The van der Waals surface area contributed by atoms with E-state index >= 15 is 0 Å². The first kappa shape index (κ1) is 26.9. The number of rotatable bonds is 6. The third-order valence-electron chi connectivity index (χ3n) is 7.66. The Kier molecular flexibility index (Phi) is 7.73. The third kappa shape index (κ3) is 6.32. The summed E-state index contributed by atoms with van der Waals surface area (Å²) >= 11 is 0. The molecule has 2 heterocycles. The highest BCUT2D eigenvalue weighted by Crippen LogP contribution is 2.39. The fraction of sp³-hybridized carbons (Fsp3) is 0.484. The molecule has 1 saturated heterocycles. The average Bonchev–Trinajstić information content (AvgIpc) is 3.69. The van der Waals surface area contributed by atoms with Crippen LogP contribution in [0.3, 0.4) is 0 Å². The van der Waals surface area contributed by atoms with Gasteiger partial charge in [0.1, 0.15) is 5.60 Å². The van der Waals surface area contributed by atoms with Crippen LogP contribution in [0.25, 0.3) is 22.8 Å². The largest absolute Gasteiger partial charge is 0.469 e. The van der Waals surface area contributed by atoms with Crippen LogP contribution in [0.2, 0.25) is 0 Å². The Bertz CT molecular complexity index is 1290. The van der Waals surface area contributed by atoms with E-state index in [2.05, 4.69) is 34.4 Å². The molecule has 5 rings (SSSR count). The number of benzene rings is 2. The van der Waals surface area contributed by atoms with Crippen molar-refractivity contribution in [2.75, 3.05) is 13.7 Å². The van der Waals surface area contributed by atoms with E-state index < -0.39 is 5.60 Å². The first-order chi connectivity index (χ1) is 18.7. The van der Waals surface area contributed by atoms with E-state index in [1.54, 1.807) is 4.90 Å². The number of carbonyl (C=O) groups excluding carboxylic acids is 2. The summed E-state index contributed by atoms with van der Waals surface area (Å²) in [5.41, 5.74) is 3.46. The van der Waals surface area contributed by atoms with Gasteiger partial charge in [0.25, 0.3) is 5.89 Å². The molecule has 3 aromatic rings. The first-order valence-electron chi connectivity index (χ1n) is 13.8. The molecule has 0 unspecified atom stereocenters. The third-order valence-corrected chi connectivity index (χ3v) is 7.66. The maximum absolute atomic E-state index is 13.0. The zero-order valence-corrected chi connectivity index (χ0v) is 23.2. The van der Waals surface area contributed by atoms with E-state index in [1.807, 2.05) is 45.0 Å². The normalized spacial score (nSPS) is 19.8. The molecule has 1 aliphatic heterocycles. The summed E-state index contributed by atoms with van der Waals surface area (Å²) in [6.07, 6.45) is 5.68. The van der Waals surface area contributed by atoms with Crippen molar-refractivity contribution in [3.05, 3.63) is 59.7 Å². The zero-order chi connectivity index (χ0) is 27.6. The van der Waals surface area contributed by atoms with Crippen LogP contribution in [0.1, 0.15) is 82.4 Å². The molecule has 2 atom stereocenters. The Morgan fingerprint density at radius 1 is 0.974 bits per heavy atom. The molecule has 1 aromatic heterocycles. The van der Waals surface area contributed by atoms with Gasteiger partial charge < -0.3 is 18.9 Å². The molecule has 1 amide bonds. The van der Waals surface area contributed by atoms with Crippen molar-refractivity contribution in [1.82, 2.24) is 15.0 Å². The summed E-state index contributed by atoms with van der Waals surface area (Å²) in [6.45, 7) is 5.98. The van der Waals surface area contributed by atoms with Gasteiger partial charge >= 0.3 is 12.1 Å². The highest BCUT2D eigenvalue weighted by Gasteiger charge is 2.39. The molecule has 1 aliphatic carbocycles. The van der Waals surface area contributed by atoms with Crippen molar-refractivity contribution in [2.24, 2.45) is 5.92 Å². The summed E-state index contributed by atoms with van der Waals surface area (Å²) in [4.78, 5) is 31.3. The fourth-order valence-corrected chi connectivity index (χ4v) is 5.70. The summed E-state index contributed by atoms with van der Waals surface area (Å²) in [7, 11) is 1.38. The van der Waals surface area contributed by atoms with Gasteiger partial charge in [0.05, 0.1) is 19.6 Å². The minimum Gasteiger partial charge on any atom is -0.469 e. The summed E-state index contributed by atoms with van der Waals surface area (Å²) < 4.78 is 16.1. The van der Waals surface area contributed by atoms with Crippen LogP contribution < -0.4 is 0 Å². The van der Waals surface area contributed by atoms with Crippen LogP contribution in [-0.2, 0) is 14.3 Å². The molecule has 0 bridgehead atoms. The molecule has 0 N–H and O–H groups in total. The van der Waals surface area contributed by atoms with Gasteiger partial charge in [-0.15, -0.1) is 0 Å². The van der Waals surface area contributed by atoms with Gasteiger partial charge in [-0.05, 0) is 75.1 Å². The van der Waals surface area contributed by atoms with Crippen LogP contribution >= 0.6 is 0 Å². The van der Waals surface area contributed by atoms with Crippen LogP contribution in [0.15, 0.2) is 53.1 Å². The number of amides is 1. The van der Waals surface area contributed by atoms with Gasteiger partial charge in [-0.2, -0.15) is 4.98 Å². The maximum Gasteiger partial charge on any atom is 0.410 e. The molecule has 1 saturated carbocycles. The highest BCUT2D eigenvalue weighted by molar-refractivity contribution is 5.71. The predicted molar refractivity (Wildman–Crippen MR) is 147 cm³/mol. The van der Waals surface area contributed by atoms with Crippen LogP contribution in [-0.4, -0.2) is 46.4 Å². The lowest BCUT2D eigenvalue weighted by atomic mass is 9.96. The standard InChI is InChI=1S/C31H37N3O5/c1-31(2,3)38-30(36)34-19-20(18-27(35)37-4)17-26(34)23-11-13-24(14-12-23)28-32-29(39-33-28)25-15-9-22(10-16-25)21-7-5-6-8-21/h9-16,20-21,26H,5-8,17-19H2,1-4H3/t20-,26-/m1/s1. The van der Waals surface area contributed by atoms with Crippen molar-refractivity contribution in [3.8, 4) is 22.8 Å². The minimum absolute atomic E-state index is 0.00512. The number of hydrogen-bond acceptors (Lipinski definition) is 7. The van der Waals surface area contributed by atoms with Crippen LogP contribution in [0, 0.1) is 5.92 Å². The van der Waals surface area contributed by atoms with Gasteiger partial charge in [0.15, 0.2) is 0 Å². The molecule has 2 fully saturated rings. The van der Waals surface area contributed by atoms with Gasteiger partial charge in [-0.3, -0.25) is 4.79 Å². The molecule has 39 heavy (non-hydrogen) atoms. The Labute approximate surface area is 229 Å². The molecule has 2 aromatic carbocycles. The summed E-state index contributed by atoms with van der Waals surface area (Å²) in [6, 6.07) is 16.1. The highest BCUT2D eigenvalue weighted by atomic mass is 16.6. The first-order valence-corrected chi connectivity index (χ1v) is 13.8. The monoisotopic (exact) mass is 531 g/mol. The Hall–Kier alpha value is -3.68. The minimum atomic E-state index is -0.612. The van der Waals surface area contributed by atoms with Crippen molar-refractivity contribution in [1.29, 1.82) is 0 Å². The fourth-order valence-electron chi connectivity index (χ4n) is 5.70. The molecule has 2 aliphatic rings. The number of aromatic nitrogens is 2. The van der Waals surface area contributed by atoms with E-state index in [0.717, 1.165) is 16.7 Å². The zero-order valence-electron chi connectivity index (χ0n) is 23.2. The number of methoxy groups -OCH3 is 1. The van der Waals surface area contributed by atoms with Gasteiger partial charge in [0, 0.05) is 17.7 Å². The number of hydrogen-bond donors (Lipinski definition) is 0. The average molecular weight is 532 g/mol. The van der Waals surface area contributed by atoms with Crippen molar-refractivity contribution in [3.63, 3.8) is 0 Å². The molecular formula is C31H37N3O5. The van der Waals surface area contributed by atoms with E-state index in [4.69, 9.17) is 14.0 Å². The van der Waals surface area contributed by atoms with E-state index in [0.29, 0.717) is 30.6 Å². The second-order valence-electron chi connectivity index (χ2n) is 11.7. The quantitative estimate of drug-likeness (QED) is 0.319. The van der Waals surface area contributed by atoms with E-state index in [-0.39, 0.29) is 30.4 Å². The van der Waals surface area contributed by atoms with Crippen LogP contribution in [0.4, 0.5) is 4.79 Å². The number of esters is 1. The SMILES string of the molecule is COC(=O)C[C@H]1C[C@H](c2ccc(-c3noc(-c4ccc(C5CCCC5)cc4)n3)cc2)N(C(=O)OC(C)(C)C)C1. The number of likely N-dealkylation sites (tertiary alicyclic amines) is 1. The van der Waals surface area contributed by atoms with Crippen LogP contribution in [0.5, 0.6) is 0 Å². The molecule has 206 valence electrons. The van der Waals surface area contributed by atoms with Crippen molar-refractivity contribution < 1.29 is 23.6 Å². The lowest BCUT2D eigenvalue weighted by molar-refractivity contribution is -0.141. The lowest BCUT2D eigenvalue weighted by Gasteiger charge is -2.29. The molecular weight excluding hydrogens is 494 g/mol. The Balaban J connectivity index is 1.31. The maximum atomic E-state index is 13.0. The summed E-state index contributed by atoms with van der Waals surface area (Å²) in [5.74, 6) is 1.38. The Morgan fingerprint density at radius 3 is 2.26 bits per heavy atom. The Morgan fingerprint density at radius 2 is 1.62 bits per heavy atom. The summed E-state index contributed by atoms with van der Waals surface area (Å²) in [5, 5.41) is 4.21. The van der Waals surface area contributed by atoms with E-state index in [1.165, 1.54) is 38.4 Å². The van der Waals surface area contributed by atoms with Gasteiger partial charge in [-0.25, -0.2) is 4.79 Å². The topological polar surface area (TPSA) is 94.8 Å². The predicted octanol–water partition coefficient (Wildman–Crippen LogP) is 6.92. The smallest absolute Gasteiger partial charge is 0.410 e. The molecule has 0 spiro atoms. The number of carbonyl (C=O) groups is 2. The molecule has 8 nitrogen and oxygen atoms in total. The lowest BCUT2D eigenvalue weighted by Crippen LogP contribution is -2.37. The number of nitrogens with zero attached hydrogens (tertiary/aromatic N) is 3. The van der Waals surface area contributed by atoms with Gasteiger partial charge in [-0.1, -0.05) is 54.4 Å². The number of ether oxygens (including phenoxy) is 2.